The van der Waals surface area contributed by atoms with E-state index in [-0.39, 0.29) is 17.1 Å². The van der Waals surface area contributed by atoms with Crippen molar-refractivity contribution in [1.29, 1.82) is 0 Å². The summed E-state index contributed by atoms with van der Waals surface area (Å²) in [6.45, 7) is 0.158. The van der Waals surface area contributed by atoms with Crippen LogP contribution in [0.3, 0.4) is 0 Å². The van der Waals surface area contributed by atoms with Crippen LogP contribution in [0.25, 0.3) is 0 Å². The summed E-state index contributed by atoms with van der Waals surface area (Å²) in [5, 5.41) is 12.6. The molecule has 3 aromatic rings. The maximum absolute atomic E-state index is 13.4. The zero-order valence-electron chi connectivity index (χ0n) is 15.9. The van der Waals surface area contributed by atoms with Crippen LogP contribution >= 0.6 is 50.7 Å². The molecule has 1 atom stereocenters. The van der Waals surface area contributed by atoms with Gasteiger partial charge in [-0.25, -0.2) is 0 Å². The minimum atomic E-state index is -2.04. The molecule has 4 rings (SSSR count). The first-order valence-corrected chi connectivity index (χ1v) is 11.2. The number of Topliss-reactive ketones (excluding diaryl/α,β-unsaturated/α-hetero) is 1. The highest BCUT2D eigenvalue weighted by Gasteiger charge is 2.51. The average Bonchev–Trinajstić information content (AvgIpc) is 2.91. The van der Waals surface area contributed by atoms with E-state index in [0.29, 0.717) is 25.8 Å². The highest BCUT2D eigenvalue weighted by Crippen LogP contribution is 2.45. The van der Waals surface area contributed by atoms with Crippen LogP contribution in [-0.4, -0.2) is 16.8 Å². The quantitative estimate of drug-likeness (QED) is 0.381. The fourth-order valence-electron chi connectivity index (χ4n) is 3.69. The van der Waals surface area contributed by atoms with E-state index in [1.165, 1.54) is 23.1 Å². The number of carbonyl (C=O) groups excluding carboxylic acids is 2. The summed E-state index contributed by atoms with van der Waals surface area (Å²) < 4.78 is 0.675. The lowest BCUT2D eigenvalue weighted by molar-refractivity contribution is -0.136. The fraction of sp³-hybridized carbons (Fsp3) is 0.130. The van der Waals surface area contributed by atoms with Crippen LogP contribution in [0.4, 0.5) is 5.69 Å². The molecule has 1 N–H and O–H groups in total. The summed E-state index contributed by atoms with van der Waals surface area (Å²) in [7, 11) is 0. The largest absolute Gasteiger partial charge is 0.375 e. The molecular weight excluding hydrogens is 525 g/mol. The van der Waals surface area contributed by atoms with Crippen molar-refractivity contribution in [3.8, 4) is 0 Å². The third-order valence-corrected chi connectivity index (χ3v) is 6.64. The molecule has 0 saturated carbocycles. The summed E-state index contributed by atoms with van der Waals surface area (Å²) in [6, 6.07) is 16.8. The van der Waals surface area contributed by atoms with Crippen molar-refractivity contribution in [2.75, 3.05) is 4.90 Å². The molecule has 158 valence electrons. The fourth-order valence-corrected chi connectivity index (χ4v) is 4.76. The topological polar surface area (TPSA) is 57.6 Å². The molecule has 0 radical (unpaired) electrons. The average molecular weight is 540 g/mol. The third-order valence-electron chi connectivity index (χ3n) is 5.23. The molecule has 1 aliphatic heterocycles. The Bertz CT molecular complexity index is 1220. The van der Waals surface area contributed by atoms with Crippen molar-refractivity contribution >= 4 is 68.1 Å². The van der Waals surface area contributed by atoms with Gasteiger partial charge in [0.25, 0.3) is 5.91 Å². The monoisotopic (exact) mass is 537 g/mol. The maximum Gasteiger partial charge on any atom is 0.264 e. The van der Waals surface area contributed by atoms with Gasteiger partial charge in [-0.1, -0.05) is 68.9 Å². The van der Waals surface area contributed by atoms with Crippen molar-refractivity contribution in [2.24, 2.45) is 0 Å². The van der Waals surface area contributed by atoms with Crippen LogP contribution in [0, 0.1) is 0 Å². The van der Waals surface area contributed by atoms with Gasteiger partial charge in [-0.2, -0.15) is 0 Å². The Balaban J connectivity index is 1.73. The number of nitrogens with zero attached hydrogens (tertiary/aromatic N) is 1. The summed E-state index contributed by atoms with van der Waals surface area (Å²) in [6.07, 6.45) is -0.463. The van der Waals surface area contributed by atoms with Gasteiger partial charge in [0, 0.05) is 25.6 Å². The SMILES string of the molecule is O=C(CC1(O)C(=O)N(Cc2ccccc2Cl)c2ccc(Br)cc21)c1ccc(Cl)cc1Cl. The Morgan fingerprint density at radius 2 is 1.74 bits per heavy atom. The van der Waals surface area contributed by atoms with Gasteiger partial charge in [-0.05, 0) is 48.0 Å². The van der Waals surface area contributed by atoms with Crippen LogP contribution < -0.4 is 4.90 Å². The van der Waals surface area contributed by atoms with Crippen LogP contribution in [0.2, 0.25) is 15.1 Å². The smallest absolute Gasteiger partial charge is 0.264 e. The van der Waals surface area contributed by atoms with Gasteiger partial charge in [0.1, 0.15) is 0 Å². The van der Waals surface area contributed by atoms with Crippen molar-refractivity contribution in [2.45, 2.75) is 18.6 Å². The number of hydrogen-bond acceptors (Lipinski definition) is 3. The summed E-state index contributed by atoms with van der Waals surface area (Å²) >= 11 is 21.7. The number of amides is 1. The van der Waals surface area contributed by atoms with Gasteiger partial charge < -0.3 is 10.0 Å². The Hall–Kier alpha value is -1.89. The molecule has 0 spiro atoms. The van der Waals surface area contributed by atoms with E-state index < -0.39 is 23.7 Å². The molecule has 0 aromatic heterocycles. The molecule has 0 saturated heterocycles. The first-order chi connectivity index (χ1) is 14.7. The second-order valence-electron chi connectivity index (χ2n) is 7.23. The number of fused-ring (bicyclic) bond motifs is 1. The normalized spacial score (nSPS) is 17.7. The Morgan fingerprint density at radius 1 is 1.00 bits per heavy atom. The zero-order valence-corrected chi connectivity index (χ0v) is 19.8. The molecule has 4 nitrogen and oxygen atoms in total. The predicted molar refractivity (Wildman–Crippen MR) is 126 cm³/mol. The van der Waals surface area contributed by atoms with Crippen molar-refractivity contribution in [3.63, 3.8) is 0 Å². The second kappa shape index (κ2) is 8.57. The highest BCUT2D eigenvalue weighted by atomic mass is 79.9. The summed E-state index contributed by atoms with van der Waals surface area (Å²) in [4.78, 5) is 27.9. The molecule has 1 amide bonds. The molecule has 1 heterocycles. The number of carbonyl (C=O) groups is 2. The number of halogens is 4. The highest BCUT2D eigenvalue weighted by molar-refractivity contribution is 9.10. The lowest BCUT2D eigenvalue weighted by Gasteiger charge is -2.23. The standard InChI is InChI=1S/C23H15BrCl3NO3/c24-14-5-8-20-17(9-14)23(31,11-21(29)16-7-6-15(25)10-19(16)27)22(30)28(20)12-13-3-1-2-4-18(13)26/h1-10,31H,11-12H2. The van der Waals surface area contributed by atoms with Crippen LogP contribution in [0.15, 0.2) is 65.1 Å². The number of benzene rings is 3. The van der Waals surface area contributed by atoms with E-state index in [1.807, 2.05) is 12.1 Å². The Kier molecular flexibility index (Phi) is 6.16. The van der Waals surface area contributed by atoms with Crippen LogP contribution in [0.1, 0.15) is 27.9 Å². The van der Waals surface area contributed by atoms with E-state index in [2.05, 4.69) is 15.9 Å². The van der Waals surface area contributed by atoms with Crippen molar-refractivity contribution < 1.29 is 14.7 Å². The van der Waals surface area contributed by atoms with Crippen LogP contribution in [0.5, 0.6) is 0 Å². The second-order valence-corrected chi connectivity index (χ2v) is 9.40. The van der Waals surface area contributed by atoms with E-state index >= 15 is 0 Å². The predicted octanol–water partition coefficient (Wildman–Crippen LogP) is 6.42. The molecule has 0 bridgehead atoms. The Morgan fingerprint density at radius 3 is 2.45 bits per heavy atom. The third kappa shape index (κ3) is 4.13. The number of anilines is 1. The molecule has 1 aliphatic rings. The maximum atomic E-state index is 13.4. The van der Waals surface area contributed by atoms with Crippen molar-refractivity contribution in [1.82, 2.24) is 0 Å². The van der Waals surface area contributed by atoms with Gasteiger partial charge in [0.15, 0.2) is 11.4 Å². The number of aliphatic hydroxyl groups is 1. The van der Waals surface area contributed by atoms with Gasteiger partial charge in [0.2, 0.25) is 0 Å². The first-order valence-electron chi connectivity index (χ1n) is 9.27. The summed E-state index contributed by atoms with van der Waals surface area (Å²) in [5.74, 6) is -1.07. The lowest BCUT2D eigenvalue weighted by atomic mass is 9.88. The number of rotatable bonds is 5. The molecule has 1 unspecified atom stereocenters. The van der Waals surface area contributed by atoms with Gasteiger partial charge in [-0.15, -0.1) is 0 Å². The minimum absolute atomic E-state index is 0.158. The van der Waals surface area contributed by atoms with E-state index in [9.17, 15) is 14.7 Å². The van der Waals surface area contributed by atoms with Gasteiger partial charge in [0.05, 0.1) is 23.7 Å². The molecule has 8 heteroatoms. The van der Waals surface area contributed by atoms with E-state index in [0.717, 1.165) is 5.56 Å². The molecule has 0 fully saturated rings. The number of hydrogen-bond donors (Lipinski definition) is 1. The molecular formula is C23H15BrCl3NO3. The van der Waals surface area contributed by atoms with E-state index in [4.69, 9.17) is 34.8 Å². The molecule has 31 heavy (non-hydrogen) atoms. The van der Waals surface area contributed by atoms with E-state index in [1.54, 1.807) is 30.3 Å². The van der Waals surface area contributed by atoms with Crippen molar-refractivity contribution in [3.05, 3.63) is 96.9 Å². The molecule has 0 aliphatic carbocycles. The lowest BCUT2D eigenvalue weighted by Crippen LogP contribution is -2.41. The van der Waals surface area contributed by atoms with Gasteiger partial charge in [-0.3, -0.25) is 9.59 Å². The zero-order chi connectivity index (χ0) is 22.3. The van der Waals surface area contributed by atoms with Gasteiger partial charge >= 0.3 is 0 Å². The first kappa shape index (κ1) is 22.3. The summed E-state index contributed by atoms with van der Waals surface area (Å²) in [5.41, 5.74) is -0.264. The van der Waals surface area contributed by atoms with Crippen LogP contribution in [-0.2, 0) is 16.9 Å². The number of ketones is 1. The molecule has 3 aromatic carbocycles. The minimum Gasteiger partial charge on any atom is -0.375 e. The Labute approximate surface area is 202 Å².